The number of anilines is 1. The van der Waals surface area contributed by atoms with Gasteiger partial charge >= 0.3 is 5.69 Å². The number of pyridine rings is 1. The lowest BCUT2D eigenvalue weighted by Crippen LogP contribution is -2.36. The van der Waals surface area contributed by atoms with Crippen molar-refractivity contribution in [2.75, 3.05) is 24.6 Å². The van der Waals surface area contributed by atoms with Gasteiger partial charge in [0.15, 0.2) is 0 Å². The monoisotopic (exact) mass is 276 g/mol. The van der Waals surface area contributed by atoms with E-state index in [-0.39, 0.29) is 23.7 Å². The number of rotatable bonds is 4. The summed E-state index contributed by atoms with van der Waals surface area (Å²) in [7, 11) is 0. The zero-order valence-electron chi connectivity index (χ0n) is 11.0. The normalized spacial score (nSPS) is 18.6. The molecule has 1 aliphatic rings. The second kappa shape index (κ2) is 6.30. The first kappa shape index (κ1) is 14.2. The number of hydrogen-bond acceptors (Lipinski definition) is 6. The molecule has 1 saturated heterocycles. The van der Waals surface area contributed by atoms with Crippen LogP contribution in [-0.2, 0) is 0 Å². The van der Waals surface area contributed by atoms with E-state index in [1.807, 2.05) is 11.0 Å². The van der Waals surface area contributed by atoms with Gasteiger partial charge in [0.2, 0.25) is 5.82 Å². The molecule has 1 aliphatic heterocycles. The molecule has 1 atom stereocenters. The molecule has 1 aromatic heterocycles. The lowest BCUT2D eigenvalue weighted by atomic mass is 9.95. The highest BCUT2D eigenvalue weighted by Crippen LogP contribution is 2.32. The molecule has 0 radical (unpaired) electrons. The third-order valence-electron chi connectivity index (χ3n) is 3.56. The summed E-state index contributed by atoms with van der Waals surface area (Å²) >= 11 is 0. The Balaban J connectivity index is 2.32. The number of aliphatic hydroxyl groups is 1. The van der Waals surface area contributed by atoms with Gasteiger partial charge in [0.05, 0.1) is 4.92 Å². The molecule has 0 amide bonds. The molecule has 1 fully saturated rings. The van der Waals surface area contributed by atoms with Crippen molar-refractivity contribution in [1.29, 1.82) is 5.26 Å². The summed E-state index contributed by atoms with van der Waals surface area (Å²) in [6.07, 6.45) is 4.02. The fraction of sp³-hybridized carbons (Fsp3) is 0.538. The molecule has 0 aromatic carbocycles. The maximum absolute atomic E-state index is 11.2. The summed E-state index contributed by atoms with van der Waals surface area (Å²) in [4.78, 5) is 16.6. The number of nitro groups is 1. The van der Waals surface area contributed by atoms with Gasteiger partial charge in [0, 0.05) is 25.9 Å². The van der Waals surface area contributed by atoms with Crippen LogP contribution >= 0.6 is 0 Å². The molecule has 2 rings (SSSR count). The second-order valence-corrected chi connectivity index (χ2v) is 4.87. The van der Waals surface area contributed by atoms with Crippen LogP contribution in [0.15, 0.2) is 12.3 Å². The quantitative estimate of drug-likeness (QED) is 0.659. The molecular weight excluding hydrogens is 260 g/mol. The Bertz CT molecular complexity index is 539. The van der Waals surface area contributed by atoms with Crippen molar-refractivity contribution < 1.29 is 10.0 Å². The Kier molecular flexibility index (Phi) is 4.48. The van der Waals surface area contributed by atoms with E-state index in [1.54, 1.807) is 0 Å². The van der Waals surface area contributed by atoms with Crippen LogP contribution in [0.1, 0.15) is 24.8 Å². The predicted molar refractivity (Wildman–Crippen MR) is 72.2 cm³/mol. The minimum atomic E-state index is -0.545. The SMILES string of the molecule is N#Cc1ccnc(N2CCCC(CCO)C2)c1[N+](=O)[O-]. The zero-order valence-corrected chi connectivity index (χ0v) is 11.0. The lowest BCUT2D eigenvalue weighted by molar-refractivity contribution is -0.384. The number of piperidine rings is 1. The van der Waals surface area contributed by atoms with Gasteiger partial charge in [0.1, 0.15) is 11.6 Å². The minimum Gasteiger partial charge on any atom is -0.396 e. The Morgan fingerprint density at radius 2 is 2.45 bits per heavy atom. The molecule has 1 unspecified atom stereocenters. The molecule has 0 aliphatic carbocycles. The van der Waals surface area contributed by atoms with Crippen LogP contribution in [-0.4, -0.2) is 34.7 Å². The molecule has 106 valence electrons. The lowest BCUT2D eigenvalue weighted by Gasteiger charge is -2.33. The van der Waals surface area contributed by atoms with Gasteiger partial charge in [0.25, 0.3) is 0 Å². The fourth-order valence-corrected chi connectivity index (χ4v) is 2.62. The summed E-state index contributed by atoms with van der Waals surface area (Å²) in [5, 5.41) is 29.2. The van der Waals surface area contributed by atoms with E-state index in [4.69, 9.17) is 10.4 Å². The molecule has 20 heavy (non-hydrogen) atoms. The second-order valence-electron chi connectivity index (χ2n) is 4.87. The van der Waals surface area contributed by atoms with Crippen molar-refractivity contribution in [3.63, 3.8) is 0 Å². The van der Waals surface area contributed by atoms with Gasteiger partial charge in [-0.3, -0.25) is 10.1 Å². The van der Waals surface area contributed by atoms with Crippen molar-refractivity contribution in [2.24, 2.45) is 5.92 Å². The van der Waals surface area contributed by atoms with Crippen molar-refractivity contribution in [2.45, 2.75) is 19.3 Å². The van der Waals surface area contributed by atoms with Crippen LogP contribution in [0.3, 0.4) is 0 Å². The Hall–Kier alpha value is -2.20. The van der Waals surface area contributed by atoms with Crippen LogP contribution in [0.2, 0.25) is 0 Å². The third-order valence-corrected chi connectivity index (χ3v) is 3.56. The summed E-state index contributed by atoms with van der Waals surface area (Å²) in [5.74, 6) is 0.567. The first-order valence-electron chi connectivity index (χ1n) is 6.56. The van der Waals surface area contributed by atoms with Crippen LogP contribution in [0, 0.1) is 27.4 Å². The molecule has 1 N–H and O–H groups in total. The third kappa shape index (κ3) is 2.86. The largest absolute Gasteiger partial charge is 0.396 e. The molecule has 1 aromatic rings. The Morgan fingerprint density at radius 3 is 3.10 bits per heavy atom. The molecular formula is C13H16N4O3. The van der Waals surface area contributed by atoms with Crippen molar-refractivity contribution in [3.8, 4) is 6.07 Å². The van der Waals surface area contributed by atoms with Crippen molar-refractivity contribution >= 4 is 11.5 Å². The maximum Gasteiger partial charge on any atom is 0.329 e. The van der Waals surface area contributed by atoms with E-state index in [2.05, 4.69) is 4.98 Å². The van der Waals surface area contributed by atoms with E-state index in [0.717, 1.165) is 12.8 Å². The van der Waals surface area contributed by atoms with E-state index >= 15 is 0 Å². The number of aromatic nitrogens is 1. The summed E-state index contributed by atoms with van der Waals surface area (Å²) in [5.41, 5.74) is -0.191. The van der Waals surface area contributed by atoms with E-state index in [9.17, 15) is 10.1 Å². The van der Waals surface area contributed by atoms with E-state index in [1.165, 1.54) is 12.3 Å². The number of nitrogens with zero attached hydrogens (tertiary/aromatic N) is 4. The van der Waals surface area contributed by atoms with Crippen LogP contribution < -0.4 is 4.90 Å². The highest BCUT2D eigenvalue weighted by atomic mass is 16.6. The van der Waals surface area contributed by atoms with Gasteiger partial charge in [-0.1, -0.05) is 0 Å². The standard InChI is InChI=1S/C13H16N4O3/c14-8-11-3-5-15-13(12(11)17(19)20)16-6-1-2-10(9-16)4-7-18/h3,5,10,18H,1-2,4,6-7,9H2. The van der Waals surface area contributed by atoms with Gasteiger partial charge in [-0.15, -0.1) is 0 Å². The Morgan fingerprint density at radius 1 is 1.65 bits per heavy atom. The smallest absolute Gasteiger partial charge is 0.329 e. The zero-order chi connectivity index (χ0) is 14.5. The molecule has 0 bridgehead atoms. The highest BCUT2D eigenvalue weighted by Gasteiger charge is 2.29. The van der Waals surface area contributed by atoms with Crippen LogP contribution in [0.5, 0.6) is 0 Å². The first-order valence-corrected chi connectivity index (χ1v) is 6.56. The topological polar surface area (TPSA) is 103 Å². The van der Waals surface area contributed by atoms with E-state index in [0.29, 0.717) is 25.4 Å². The molecule has 2 heterocycles. The summed E-state index contributed by atoms with van der Waals surface area (Å²) in [6.45, 7) is 1.43. The van der Waals surface area contributed by atoms with Gasteiger partial charge < -0.3 is 10.0 Å². The first-order chi connectivity index (χ1) is 9.67. The fourth-order valence-electron chi connectivity index (χ4n) is 2.62. The predicted octanol–water partition coefficient (Wildman–Crippen LogP) is 1.46. The molecule has 0 saturated carbocycles. The van der Waals surface area contributed by atoms with Crippen LogP contribution in [0.25, 0.3) is 0 Å². The van der Waals surface area contributed by atoms with E-state index < -0.39 is 4.92 Å². The summed E-state index contributed by atoms with van der Waals surface area (Å²) < 4.78 is 0. The van der Waals surface area contributed by atoms with Crippen molar-refractivity contribution in [3.05, 3.63) is 27.9 Å². The van der Waals surface area contributed by atoms with Gasteiger partial charge in [-0.25, -0.2) is 4.98 Å². The molecule has 7 nitrogen and oxygen atoms in total. The average molecular weight is 276 g/mol. The highest BCUT2D eigenvalue weighted by molar-refractivity contribution is 5.65. The summed E-state index contributed by atoms with van der Waals surface area (Å²) in [6, 6.07) is 3.20. The minimum absolute atomic E-state index is 0.0317. The van der Waals surface area contributed by atoms with Gasteiger partial charge in [-0.2, -0.15) is 5.26 Å². The number of hydrogen-bond donors (Lipinski definition) is 1. The number of nitriles is 1. The van der Waals surface area contributed by atoms with Gasteiger partial charge in [-0.05, 0) is 31.2 Å². The molecule has 7 heteroatoms. The number of aliphatic hydroxyl groups excluding tert-OH is 1. The average Bonchev–Trinajstić information content (AvgIpc) is 2.47. The van der Waals surface area contributed by atoms with Crippen LogP contribution in [0.4, 0.5) is 11.5 Å². The van der Waals surface area contributed by atoms with Crippen molar-refractivity contribution in [1.82, 2.24) is 4.98 Å². The molecule has 0 spiro atoms. The maximum atomic E-state index is 11.2. The Labute approximate surface area is 116 Å².